The summed E-state index contributed by atoms with van der Waals surface area (Å²) in [5.74, 6) is -0.282. The van der Waals surface area contributed by atoms with E-state index in [2.05, 4.69) is 6.07 Å². The number of ether oxygens (including phenoxy) is 3. The Balaban J connectivity index is 1.72. The average molecular weight is 481 g/mol. The Morgan fingerprint density at radius 3 is 2.68 bits per heavy atom. The van der Waals surface area contributed by atoms with Crippen molar-refractivity contribution in [1.82, 2.24) is 4.90 Å². The van der Waals surface area contributed by atoms with Crippen LogP contribution in [0.2, 0.25) is 0 Å². The van der Waals surface area contributed by atoms with Crippen LogP contribution in [-0.2, 0) is 20.9 Å². The largest absolute Gasteiger partial charge is 0.493 e. The van der Waals surface area contributed by atoms with Crippen LogP contribution in [0.5, 0.6) is 11.5 Å². The lowest BCUT2D eigenvalue weighted by molar-refractivity contribution is -0.150. The lowest BCUT2D eigenvalue weighted by Crippen LogP contribution is -2.35. The highest BCUT2D eigenvalue weighted by molar-refractivity contribution is 8.18. The van der Waals surface area contributed by atoms with Crippen molar-refractivity contribution in [1.29, 1.82) is 5.26 Å². The van der Waals surface area contributed by atoms with Gasteiger partial charge in [0.05, 0.1) is 29.8 Å². The van der Waals surface area contributed by atoms with E-state index < -0.39 is 23.7 Å². The molecule has 1 atom stereocenters. The molecule has 1 fully saturated rings. The molecule has 0 unspecified atom stereocenters. The maximum atomic E-state index is 12.7. The number of nitrogens with zero attached hydrogens (tertiary/aromatic N) is 2. The van der Waals surface area contributed by atoms with Crippen molar-refractivity contribution in [2.45, 2.75) is 33.0 Å². The predicted octanol–water partition coefficient (Wildman–Crippen LogP) is 4.52. The maximum absolute atomic E-state index is 12.7. The van der Waals surface area contributed by atoms with E-state index in [4.69, 9.17) is 14.2 Å². The zero-order valence-electron chi connectivity index (χ0n) is 19.1. The molecule has 0 bridgehead atoms. The van der Waals surface area contributed by atoms with Crippen molar-refractivity contribution in [3.63, 3.8) is 0 Å². The van der Waals surface area contributed by atoms with Gasteiger partial charge in [-0.1, -0.05) is 31.2 Å². The Bertz CT molecular complexity index is 1170. The first-order valence-corrected chi connectivity index (χ1v) is 11.4. The quantitative estimate of drug-likeness (QED) is 0.381. The molecule has 176 valence electrons. The molecule has 3 rings (SSSR count). The molecular weight excluding hydrogens is 456 g/mol. The van der Waals surface area contributed by atoms with Crippen LogP contribution in [0.15, 0.2) is 47.4 Å². The lowest BCUT2D eigenvalue weighted by Gasteiger charge is -2.14. The summed E-state index contributed by atoms with van der Waals surface area (Å²) in [5.41, 5.74) is 1.90. The van der Waals surface area contributed by atoms with Crippen molar-refractivity contribution in [3.8, 4) is 17.6 Å². The highest BCUT2D eigenvalue weighted by atomic mass is 32.2. The monoisotopic (exact) mass is 480 g/mol. The van der Waals surface area contributed by atoms with E-state index >= 15 is 0 Å². The molecule has 2 aromatic carbocycles. The number of benzene rings is 2. The predicted molar refractivity (Wildman–Crippen MR) is 127 cm³/mol. The summed E-state index contributed by atoms with van der Waals surface area (Å²) in [5, 5.41) is 8.70. The van der Waals surface area contributed by atoms with Crippen molar-refractivity contribution < 1.29 is 28.6 Å². The molecule has 1 aliphatic heterocycles. The summed E-state index contributed by atoms with van der Waals surface area (Å²) >= 11 is 0.761. The van der Waals surface area contributed by atoms with Gasteiger partial charge in [-0.15, -0.1) is 0 Å². The van der Waals surface area contributed by atoms with Crippen LogP contribution in [0.1, 0.15) is 37.0 Å². The van der Waals surface area contributed by atoms with Crippen molar-refractivity contribution in [3.05, 3.63) is 64.1 Å². The normalized spacial score (nSPS) is 15.2. The van der Waals surface area contributed by atoms with Gasteiger partial charge in [0, 0.05) is 5.56 Å². The fraction of sp³-hybridized carbons (Fsp3) is 0.280. The number of nitriles is 1. The zero-order chi connectivity index (χ0) is 24.7. The van der Waals surface area contributed by atoms with Crippen molar-refractivity contribution in [2.75, 3.05) is 13.7 Å². The zero-order valence-corrected chi connectivity index (χ0v) is 19.9. The number of rotatable bonds is 9. The van der Waals surface area contributed by atoms with Crippen LogP contribution >= 0.6 is 11.8 Å². The molecule has 0 saturated carbocycles. The maximum Gasteiger partial charge on any atom is 0.326 e. The first kappa shape index (κ1) is 24.9. The molecule has 0 N–H and O–H groups in total. The standard InChI is InChI=1S/C25H24N2O6S/c1-4-16(2)33-23(28)14-27-24(29)22(34-25(27)30)12-17-9-10-20(21(11-17)31-3)32-15-19-8-6-5-7-18(19)13-26/h5-12,16H,4,14-15H2,1-3H3/b22-12-/t16-/m1/s1. The lowest BCUT2D eigenvalue weighted by atomic mass is 10.1. The Labute approximate surface area is 202 Å². The molecule has 1 aliphatic rings. The number of esters is 1. The molecule has 1 heterocycles. The molecule has 1 saturated heterocycles. The Morgan fingerprint density at radius 1 is 1.21 bits per heavy atom. The third-order valence-corrected chi connectivity index (χ3v) is 5.98. The van der Waals surface area contributed by atoms with E-state index in [-0.39, 0.29) is 17.6 Å². The van der Waals surface area contributed by atoms with E-state index in [1.807, 2.05) is 19.1 Å². The molecule has 0 spiro atoms. The number of methoxy groups -OCH3 is 1. The minimum atomic E-state index is -0.626. The van der Waals surface area contributed by atoms with Gasteiger partial charge in [0.25, 0.3) is 11.1 Å². The molecule has 9 heteroatoms. The SMILES string of the molecule is CC[C@@H](C)OC(=O)CN1C(=O)S/C(=C\c2ccc(OCc3ccccc3C#N)c(OC)c2)C1=O. The van der Waals surface area contributed by atoms with Crippen molar-refractivity contribution >= 4 is 35.0 Å². The summed E-state index contributed by atoms with van der Waals surface area (Å²) in [7, 11) is 1.49. The highest BCUT2D eigenvalue weighted by Gasteiger charge is 2.36. The van der Waals surface area contributed by atoms with E-state index in [0.29, 0.717) is 29.0 Å². The fourth-order valence-electron chi connectivity index (χ4n) is 3.07. The van der Waals surface area contributed by atoms with Crippen molar-refractivity contribution in [2.24, 2.45) is 0 Å². The minimum Gasteiger partial charge on any atom is -0.493 e. The van der Waals surface area contributed by atoms with Gasteiger partial charge in [0.2, 0.25) is 0 Å². The Hall–Kier alpha value is -3.77. The van der Waals surface area contributed by atoms with Gasteiger partial charge in [-0.2, -0.15) is 5.26 Å². The topological polar surface area (TPSA) is 106 Å². The molecular formula is C25H24N2O6S. The summed E-state index contributed by atoms with van der Waals surface area (Å²) in [4.78, 5) is 38.0. The number of hydrogen-bond acceptors (Lipinski definition) is 8. The number of thioether (sulfide) groups is 1. The molecule has 8 nitrogen and oxygen atoms in total. The summed E-state index contributed by atoms with van der Waals surface area (Å²) in [6.07, 6.45) is 1.91. The number of hydrogen-bond donors (Lipinski definition) is 0. The summed E-state index contributed by atoms with van der Waals surface area (Å²) in [6, 6.07) is 14.4. The fourth-order valence-corrected chi connectivity index (χ4v) is 3.90. The van der Waals surface area contributed by atoms with Crippen LogP contribution in [0.3, 0.4) is 0 Å². The van der Waals surface area contributed by atoms with Gasteiger partial charge in [-0.25, -0.2) is 0 Å². The molecule has 0 radical (unpaired) electrons. The molecule has 2 amide bonds. The van der Waals surface area contributed by atoms with Crippen LogP contribution in [0.25, 0.3) is 6.08 Å². The van der Waals surface area contributed by atoms with Crippen LogP contribution < -0.4 is 9.47 Å². The van der Waals surface area contributed by atoms with Gasteiger partial charge in [-0.3, -0.25) is 19.3 Å². The van der Waals surface area contributed by atoms with Gasteiger partial charge in [-0.05, 0) is 54.9 Å². The number of carbonyl (C=O) groups excluding carboxylic acids is 3. The number of carbonyl (C=O) groups is 3. The second-order valence-electron chi connectivity index (χ2n) is 7.44. The molecule has 0 aromatic heterocycles. The number of amides is 2. The average Bonchev–Trinajstić information content (AvgIpc) is 3.10. The Morgan fingerprint density at radius 2 is 1.97 bits per heavy atom. The molecule has 2 aromatic rings. The highest BCUT2D eigenvalue weighted by Crippen LogP contribution is 2.35. The Kier molecular flexibility index (Phi) is 8.33. The second-order valence-corrected chi connectivity index (χ2v) is 8.44. The molecule has 0 aliphatic carbocycles. The van der Waals surface area contributed by atoms with Crippen LogP contribution in [0.4, 0.5) is 4.79 Å². The van der Waals surface area contributed by atoms with E-state index in [9.17, 15) is 19.6 Å². The third kappa shape index (κ3) is 5.97. The van der Waals surface area contributed by atoms with Crippen LogP contribution in [-0.4, -0.2) is 41.8 Å². The third-order valence-electron chi connectivity index (χ3n) is 5.07. The van der Waals surface area contributed by atoms with Gasteiger partial charge in [0.15, 0.2) is 11.5 Å². The second kappa shape index (κ2) is 11.4. The van der Waals surface area contributed by atoms with Gasteiger partial charge >= 0.3 is 5.97 Å². The van der Waals surface area contributed by atoms with E-state index in [1.54, 1.807) is 43.3 Å². The smallest absolute Gasteiger partial charge is 0.326 e. The first-order valence-electron chi connectivity index (χ1n) is 10.6. The van der Waals surface area contributed by atoms with Gasteiger partial charge in [0.1, 0.15) is 13.2 Å². The summed E-state index contributed by atoms with van der Waals surface area (Å²) < 4.78 is 16.4. The number of imide groups is 1. The van der Waals surface area contributed by atoms with E-state index in [1.165, 1.54) is 7.11 Å². The van der Waals surface area contributed by atoms with E-state index in [0.717, 1.165) is 22.2 Å². The van der Waals surface area contributed by atoms with Crippen LogP contribution in [0, 0.1) is 11.3 Å². The minimum absolute atomic E-state index is 0.186. The molecule has 34 heavy (non-hydrogen) atoms. The summed E-state index contributed by atoms with van der Waals surface area (Å²) in [6.45, 7) is 3.38. The van der Waals surface area contributed by atoms with Gasteiger partial charge < -0.3 is 14.2 Å². The first-order chi connectivity index (χ1) is 16.4.